The number of aromatic amines is 2. The number of aromatic nitrogens is 2. The molecule has 2 heterocycles. The Labute approximate surface area is 328 Å². The minimum atomic E-state index is -4.44. The van der Waals surface area contributed by atoms with Crippen LogP contribution in [0.5, 0.6) is 0 Å². The predicted molar refractivity (Wildman–Crippen MR) is 218 cm³/mol. The SMILES string of the molecule is CN(C)CCc1c[nH]c2ccc(/C=C/S(=O)(=O)N(OC(=O)C(=O)O/C(=C\c3ccc4[nH]cc(CCN(C)C)c4c3)S(=O)(=O)NC3CCCC3)C3CCCC3)cc12. The molecule has 0 atom stereocenters. The van der Waals surface area contributed by atoms with E-state index in [1.807, 2.05) is 52.7 Å². The highest BCUT2D eigenvalue weighted by molar-refractivity contribution is 7.93. The number of carbonyl (C=O) groups is 2. The maximum absolute atomic E-state index is 13.8. The molecule has 2 saturated carbocycles. The number of hydroxylamine groups is 1. The molecule has 2 fully saturated rings. The molecule has 2 aliphatic carbocycles. The smallest absolute Gasteiger partial charge is 0.404 e. The molecular weight excluding hydrogens is 757 g/mol. The fraction of sp³-hybridized carbons (Fsp3) is 0.450. The van der Waals surface area contributed by atoms with Gasteiger partial charge in [0.2, 0.25) is 5.09 Å². The highest BCUT2D eigenvalue weighted by Crippen LogP contribution is 2.29. The molecular formula is C40H52N6O8S2. The molecule has 0 bridgehead atoms. The number of H-pyrrole nitrogens is 2. The summed E-state index contributed by atoms with van der Waals surface area (Å²) in [5, 5.41) is 1.99. The molecule has 0 spiro atoms. The van der Waals surface area contributed by atoms with Crippen molar-refractivity contribution in [3.8, 4) is 0 Å². The molecule has 0 saturated heterocycles. The number of sulfonamides is 2. The summed E-state index contributed by atoms with van der Waals surface area (Å²) in [5.41, 5.74) is 4.91. The number of fused-ring (bicyclic) bond motifs is 2. The van der Waals surface area contributed by atoms with Crippen LogP contribution in [0.15, 0.2) is 59.3 Å². The molecule has 14 nitrogen and oxygen atoms in total. The molecule has 0 unspecified atom stereocenters. The van der Waals surface area contributed by atoms with Gasteiger partial charge in [0.25, 0.3) is 20.0 Å². The summed E-state index contributed by atoms with van der Waals surface area (Å²) < 4.78 is 63.5. The van der Waals surface area contributed by atoms with Gasteiger partial charge < -0.3 is 29.3 Å². The third kappa shape index (κ3) is 10.3. The van der Waals surface area contributed by atoms with E-state index >= 15 is 0 Å². The van der Waals surface area contributed by atoms with Crippen molar-refractivity contribution in [3.63, 3.8) is 0 Å². The first kappa shape index (κ1) is 41.3. The van der Waals surface area contributed by atoms with Crippen molar-refractivity contribution in [2.75, 3.05) is 41.3 Å². The molecule has 56 heavy (non-hydrogen) atoms. The quantitative estimate of drug-likeness (QED) is 0.0586. The molecule has 2 aromatic carbocycles. The van der Waals surface area contributed by atoms with Gasteiger partial charge in [0.1, 0.15) is 0 Å². The first-order valence-electron chi connectivity index (χ1n) is 19.1. The Morgan fingerprint density at radius 3 is 1.88 bits per heavy atom. The minimum absolute atomic E-state index is 0.365. The van der Waals surface area contributed by atoms with Crippen molar-refractivity contribution >= 4 is 65.9 Å². The largest absolute Gasteiger partial charge is 0.437 e. The van der Waals surface area contributed by atoms with E-state index in [2.05, 4.69) is 24.5 Å². The first-order chi connectivity index (χ1) is 26.7. The number of hydrogen-bond acceptors (Lipinski definition) is 10. The minimum Gasteiger partial charge on any atom is -0.404 e. The number of likely N-dealkylation sites (N-methyl/N-ethyl adjacent to an activating group) is 2. The lowest BCUT2D eigenvalue weighted by Crippen LogP contribution is -2.42. The van der Waals surface area contributed by atoms with E-state index in [-0.39, 0.29) is 6.04 Å². The molecule has 2 aliphatic rings. The molecule has 6 rings (SSSR count). The first-order valence-corrected chi connectivity index (χ1v) is 22.1. The van der Waals surface area contributed by atoms with Gasteiger partial charge in [0, 0.05) is 64.8 Å². The lowest BCUT2D eigenvalue weighted by Gasteiger charge is -2.24. The Hall–Kier alpha value is -4.32. The number of carbonyl (C=O) groups excluding carboxylic acids is 2. The zero-order chi connectivity index (χ0) is 40.0. The predicted octanol–water partition coefficient (Wildman–Crippen LogP) is 5.26. The van der Waals surface area contributed by atoms with Gasteiger partial charge in [-0.1, -0.05) is 37.8 Å². The summed E-state index contributed by atoms with van der Waals surface area (Å²) in [7, 11) is -0.915. The van der Waals surface area contributed by atoms with Gasteiger partial charge in [-0.15, -0.1) is 0 Å². The van der Waals surface area contributed by atoms with Crippen molar-refractivity contribution in [2.24, 2.45) is 0 Å². The van der Waals surface area contributed by atoms with E-state index in [4.69, 9.17) is 9.57 Å². The number of nitrogens with one attached hydrogen (secondary N) is 3. The molecule has 0 aliphatic heterocycles. The normalized spacial score (nSPS) is 16.4. The Bertz CT molecular complexity index is 2320. The van der Waals surface area contributed by atoms with Gasteiger partial charge in [-0.2, -0.15) is 0 Å². The van der Waals surface area contributed by atoms with Crippen LogP contribution in [-0.2, 0) is 52.1 Å². The summed E-state index contributed by atoms with van der Waals surface area (Å²) in [4.78, 5) is 42.7. The van der Waals surface area contributed by atoms with Gasteiger partial charge >= 0.3 is 11.9 Å². The van der Waals surface area contributed by atoms with E-state index in [1.165, 1.54) is 12.2 Å². The average Bonchev–Trinajstić information content (AvgIpc) is 3.99. The number of rotatable bonds is 16. The Kier molecular flexibility index (Phi) is 13.2. The van der Waals surface area contributed by atoms with Crippen LogP contribution in [0.3, 0.4) is 0 Å². The number of esters is 1. The number of benzene rings is 2. The van der Waals surface area contributed by atoms with Crippen LogP contribution in [0.4, 0.5) is 0 Å². The second kappa shape index (κ2) is 17.9. The molecule has 3 N–H and O–H groups in total. The van der Waals surface area contributed by atoms with Gasteiger partial charge in [0.15, 0.2) is 0 Å². The van der Waals surface area contributed by atoms with Crippen LogP contribution in [0.25, 0.3) is 34.0 Å². The van der Waals surface area contributed by atoms with Crippen LogP contribution in [-0.4, -0.2) is 106 Å². The lowest BCUT2D eigenvalue weighted by molar-refractivity contribution is -0.186. The van der Waals surface area contributed by atoms with Crippen LogP contribution in [0.1, 0.15) is 73.6 Å². The summed E-state index contributed by atoms with van der Waals surface area (Å²) in [6.45, 7) is 1.63. The molecule has 4 aromatic rings. The van der Waals surface area contributed by atoms with Crippen molar-refractivity contribution in [3.05, 3.63) is 81.5 Å². The van der Waals surface area contributed by atoms with E-state index < -0.39 is 43.1 Å². The Morgan fingerprint density at radius 1 is 0.768 bits per heavy atom. The standard InChI is InChI=1S/C40H52N6O8S2/c1-44(2)20-17-30-26-41-36-15-13-28(23-34(30)36)19-22-55(49,50)46(33-11-7-8-12-33)54-40(48)39(47)53-38(56(51,52)43-32-9-5-6-10-32)25-29-14-16-37-35(24-29)31(27-42-37)18-21-45(3)4/h13-16,19,22-27,32-33,41-43H,5-12,17-18,20-21H2,1-4H3/b22-19+,38-25+. The van der Waals surface area contributed by atoms with Crippen molar-refractivity contribution in [1.82, 2.24) is 29.0 Å². The molecule has 2 aromatic heterocycles. The van der Waals surface area contributed by atoms with E-state index in [9.17, 15) is 26.4 Å². The van der Waals surface area contributed by atoms with Crippen molar-refractivity contribution in [2.45, 2.75) is 76.3 Å². The zero-order valence-electron chi connectivity index (χ0n) is 32.4. The van der Waals surface area contributed by atoms with Crippen molar-refractivity contribution in [1.29, 1.82) is 0 Å². The monoisotopic (exact) mass is 808 g/mol. The van der Waals surface area contributed by atoms with Crippen LogP contribution in [0.2, 0.25) is 0 Å². The second-order valence-corrected chi connectivity index (χ2v) is 18.5. The maximum Gasteiger partial charge on any atom is 0.437 e. The fourth-order valence-electron chi connectivity index (χ4n) is 7.23. The van der Waals surface area contributed by atoms with Gasteiger partial charge in [-0.25, -0.2) is 31.1 Å². The van der Waals surface area contributed by atoms with Crippen LogP contribution in [0, 0.1) is 0 Å². The number of hydrogen-bond donors (Lipinski definition) is 3. The van der Waals surface area contributed by atoms with E-state index in [1.54, 1.807) is 24.3 Å². The second-order valence-electron chi connectivity index (χ2n) is 15.2. The van der Waals surface area contributed by atoms with Gasteiger partial charge in [-0.05, 0) is 124 Å². The highest BCUT2D eigenvalue weighted by Gasteiger charge is 2.38. The lowest BCUT2D eigenvalue weighted by atomic mass is 10.1. The third-order valence-electron chi connectivity index (χ3n) is 10.3. The van der Waals surface area contributed by atoms with E-state index in [0.717, 1.165) is 77.1 Å². The van der Waals surface area contributed by atoms with Gasteiger partial charge in [0.05, 0.1) is 6.04 Å². The zero-order valence-corrected chi connectivity index (χ0v) is 34.0. The van der Waals surface area contributed by atoms with Crippen LogP contribution < -0.4 is 4.72 Å². The molecule has 16 heteroatoms. The molecule has 0 radical (unpaired) electrons. The summed E-state index contributed by atoms with van der Waals surface area (Å²) >= 11 is 0. The maximum atomic E-state index is 13.8. The topological polar surface area (TPSA) is 174 Å². The number of nitrogens with zero attached hydrogens (tertiary/aromatic N) is 3. The summed E-state index contributed by atoms with van der Waals surface area (Å²) in [5.74, 6) is -3.34. The highest BCUT2D eigenvalue weighted by atomic mass is 32.2. The Balaban J connectivity index is 1.24. The van der Waals surface area contributed by atoms with Crippen LogP contribution >= 0.6 is 0 Å². The Morgan fingerprint density at radius 2 is 1.30 bits per heavy atom. The van der Waals surface area contributed by atoms with E-state index in [0.29, 0.717) is 54.1 Å². The fourth-order valence-corrected chi connectivity index (χ4v) is 9.75. The molecule has 302 valence electrons. The number of ether oxygens (including phenoxy) is 1. The van der Waals surface area contributed by atoms with Crippen molar-refractivity contribution < 1.29 is 36.0 Å². The van der Waals surface area contributed by atoms with Gasteiger partial charge in [-0.3, -0.25) is 0 Å². The average molecular weight is 809 g/mol. The third-order valence-corrected chi connectivity index (χ3v) is 13.0. The molecule has 0 amide bonds. The summed E-state index contributed by atoms with van der Waals surface area (Å²) in [6.07, 6.45) is 13.1. The summed E-state index contributed by atoms with van der Waals surface area (Å²) in [6, 6.07) is 9.70.